The Hall–Kier alpha value is -1.35. The van der Waals surface area contributed by atoms with Crippen LogP contribution in [0.15, 0.2) is 30.3 Å². The van der Waals surface area contributed by atoms with E-state index in [9.17, 15) is 9.90 Å². The van der Waals surface area contributed by atoms with Gasteiger partial charge in [-0.3, -0.25) is 0 Å². The highest BCUT2D eigenvalue weighted by molar-refractivity contribution is 5.81. The lowest BCUT2D eigenvalue weighted by molar-refractivity contribution is -0.147. The van der Waals surface area contributed by atoms with E-state index in [2.05, 4.69) is 5.32 Å². The molecule has 1 unspecified atom stereocenters. The average molecular weight is 207 g/mol. The Labute approximate surface area is 90.1 Å². The Morgan fingerprint density at radius 3 is 2.20 bits per heavy atom. The molecule has 3 nitrogen and oxygen atoms in total. The van der Waals surface area contributed by atoms with Gasteiger partial charge < -0.3 is 10.4 Å². The molecule has 0 spiro atoms. The largest absolute Gasteiger partial charge is 0.480 e. The van der Waals surface area contributed by atoms with E-state index in [1.165, 1.54) is 0 Å². The summed E-state index contributed by atoms with van der Waals surface area (Å²) in [4.78, 5) is 11.4. The van der Waals surface area contributed by atoms with Crippen molar-refractivity contribution < 1.29 is 9.90 Å². The fourth-order valence-corrected chi connectivity index (χ4v) is 1.94. The number of carboxylic acids is 1. The first-order chi connectivity index (χ1) is 7.05. The summed E-state index contributed by atoms with van der Waals surface area (Å²) in [5.41, 5.74) is -0.212. The maximum Gasteiger partial charge on any atom is 0.328 e. The van der Waals surface area contributed by atoms with Gasteiger partial charge in [0.1, 0.15) is 5.54 Å². The Morgan fingerprint density at radius 1 is 1.33 bits per heavy atom. The first-order valence-electron chi connectivity index (χ1n) is 5.03. The predicted octanol–water partition coefficient (Wildman–Crippen LogP) is 1.84. The lowest BCUT2D eigenvalue weighted by Crippen LogP contribution is -2.51. The second kappa shape index (κ2) is 4.45. The normalized spacial score (nSPS) is 14.9. The van der Waals surface area contributed by atoms with Crippen LogP contribution in [0.3, 0.4) is 0 Å². The third-order valence-electron chi connectivity index (χ3n) is 2.83. The first-order valence-corrected chi connectivity index (χ1v) is 5.03. The van der Waals surface area contributed by atoms with Gasteiger partial charge in [-0.1, -0.05) is 44.2 Å². The van der Waals surface area contributed by atoms with Crippen molar-refractivity contribution in [2.45, 2.75) is 19.4 Å². The van der Waals surface area contributed by atoms with E-state index in [4.69, 9.17) is 0 Å². The van der Waals surface area contributed by atoms with Crippen LogP contribution >= 0.6 is 0 Å². The molecule has 2 N–H and O–H groups in total. The van der Waals surface area contributed by atoms with E-state index in [0.29, 0.717) is 0 Å². The van der Waals surface area contributed by atoms with Crippen molar-refractivity contribution in [2.24, 2.45) is 5.92 Å². The number of carboxylic acid groups (broad SMARTS) is 1. The van der Waals surface area contributed by atoms with Crippen LogP contribution < -0.4 is 5.32 Å². The molecule has 1 aromatic rings. The average Bonchev–Trinajstić information content (AvgIpc) is 2.20. The molecule has 0 heterocycles. The summed E-state index contributed by atoms with van der Waals surface area (Å²) in [5, 5.41) is 12.3. The third kappa shape index (κ3) is 1.88. The molecule has 0 aromatic heterocycles. The summed E-state index contributed by atoms with van der Waals surface area (Å²) < 4.78 is 0. The number of rotatable bonds is 4. The van der Waals surface area contributed by atoms with Crippen LogP contribution in [0.1, 0.15) is 19.4 Å². The second-order valence-electron chi connectivity index (χ2n) is 3.88. The third-order valence-corrected chi connectivity index (χ3v) is 2.83. The molecular weight excluding hydrogens is 190 g/mol. The van der Waals surface area contributed by atoms with Gasteiger partial charge in [0.25, 0.3) is 0 Å². The predicted molar refractivity (Wildman–Crippen MR) is 59.7 cm³/mol. The second-order valence-corrected chi connectivity index (χ2v) is 3.88. The molecule has 0 fully saturated rings. The minimum atomic E-state index is -0.999. The standard InChI is InChI=1S/C12H17NO2/c1-9(2)12(13-3,11(14)15)10-7-5-4-6-8-10/h4-9,13H,1-3H3,(H,14,15). The number of carbonyl (C=O) groups is 1. The minimum absolute atomic E-state index is 0.0256. The molecule has 1 aromatic carbocycles. The van der Waals surface area contributed by atoms with Gasteiger partial charge in [-0.15, -0.1) is 0 Å². The van der Waals surface area contributed by atoms with Gasteiger partial charge >= 0.3 is 5.97 Å². The number of nitrogens with one attached hydrogen (secondary N) is 1. The van der Waals surface area contributed by atoms with E-state index in [0.717, 1.165) is 5.56 Å². The summed E-state index contributed by atoms with van der Waals surface area (Å²) >= 11 is 0. The summed E-state index contributed by atoms with van der Waals surface area (Å²) in [6, 6.07) is 9.26. The highest BCUT2D eigenvalue weighted by Crippen LogP contribution is 2.29. The molecule has 0 aliphatic heterocycles. The molecule has 0 aliphatic carbocycles. The van der Waals surface area contributed by atoms with Crippen molar-refractivity contribution >= 4 is 5.97 Å². The van der Waals surface area contributed by atoms with Crippen LogP contribution in [-0.4, -0.2) is 18.1 Å². The highest BCUT2D eigenvalue weighted by atomic mass is 16.4. The lowest BCUT2D eigenvalue weighted by Gasteiger charge is -2.33. The maximum atomic E-state index is 11.4. The quantitative estimate of drug-likeness (QED) is 0.792. The summed E-state index contributed by atoms with van der Waals surface area (Å²) in [6.07, 6.45) is 0. The number of hydrogen-bond donors (Lipinski definition) is 2. The van der Waals surface area contributed by atoms with Gasteiger partial charge in [0, 0.05) is 0 Å². The Morgan fingerprint density at radius 2 is 1.87 bits per heavy atom. The van der Waals surface area contributed by atoms with Gasteiger partial charge in [-0.25, -0.2) is 4.79 Å². The summed E-state index contributed by atoms with van der Waals surface area (Å²) in [7, 11) is 1.68. The topological polar surface area (TPSA) is 49.3 Å². The highest BCUT2D eigenvalue weighted by Gasteiger charge is 2.41. The zero-order valence-electron chi connectivity index (χ0n) is 9.32. The van der Waals surface area contributed by atoms with Crippen molar-refractivity contribution in [3.8, 4) is 0 Å². The van der Waals surface area contributed by atoms with Gasteiger partial charge in [0.05, 0.1) is 0 Å². The van der Waals surface area contributed by atoms with Gasteiger partial charge in [-0.05, 0) is 18.5 Å². The SMILES string of the molecule is CNC(C(=O)O)(c1ccccc1)C(C)C. The van der Waals surface area contributed by atoms with Crippen molar-refractivity contribution in [3.63, 3.8) is 0 Å². The van der Waals surface area contributed by atoms with Crippen molar-refractivity contribution in [1.29, 1.82) is 0 Å². The zero-order chi connectivity index (χ0) is 11.5. The van der Waals surface area contributed by atoms with Crippen LogP contribution in [-0.2, 0) is 10.3 Å². The fraction of sp³-hybridized carbons (Fsp3) is 0.417. The minimum Gasteiger partial charge on any atom is -0.480 e. The fourth-order valence-electron chi connectivity index (χ4n) is 1.94. The molecule has 82 valence electrons. The molecule has 0 aliphatic rings. The zero-order valence-corrected chi connectivity index (χ0v) is 9.32. The molecule has 3 heteroatoms. The van der Waals surface area contributed by atoms with Crippen LogP contribution in [0.25, 0.3) is 0 Å². The number of aliphatic carboxylic acids is 1. The van der Waals surface area contributed by atoms with E-state index in [1.807, 2.05) is 44.2 Å². The molecule has 0 saturated carbocycles. The van der Waals surface area contributed by atoms with Crippen LogP contribution in [0.2, 0.25) is 0 Å². The molecule has 15 heavy (non-hydrogen) atoms. The van der Waals surface area contributed by atoms with Crippen LogP contribution in [0.4, 0.5) is 0 Å². The van der Waals surface area contributed by atoms with Crippen molar-refractivity contribution in [1.82, 2.24) is 5.32 Å². The lowest BCUT2D eigenvalue weighted by atomic mass is 9.80. The van der Waals surface area contributed by atoms with E-state index in [-0.39, 0.29) is 5.92 Å². The smallest absolute Gasteiger partial charge is 0.328 e. The molecule has 0 radical (unpaired) electrons. The van der Waals surface area contributed by atoms with Crippen molar-refractivity contribution in [2.75, 3.05) is 7.05 Å². The van der Waals surface area contributed by atoms with Crippen LogP contribution in [0.5, 0.6) is 0 Å². The maximum absolute atomic E-state index is 11.4. The van der Waals surface area contributed by atoms with Gasteiger partial charge in [0.15, 0.2) is 0 Å². The monoisotopic (exact) mass is 207 g/mol. The molecule has 0 bridgehead atoms. The molecule has 1 atom stereocenters. The van der Waals surface area contributed by atoms with E-state index >= 15 is 0 Å². The first kappa shape index (κ1) is 11.7. The number of hydrogen-bond acceptors (Lipinski definition) is 2. The summed E-state index contributed by atoms with van der Waals surface area (Å²) in [6.45, 7) is 3.80. The van der Waals surface area contributed by atoms with Crippen LogP contribution in [0, 0.1) is 5.92 Å². The van der Waals surface area contributed by atoms with Gasteiger partial charge in [0.2, 0.25) is 0 Å². The Balaban J connectivity index is 3.28. The molecular formula is C12H17NO2. The summed E-state index contributed by atoms with van der Waals surface area (Å²) in [5.74, 6) is -0.867. The Bertz CT molecular complexity index is 335. The molecule has 0 amide bonds. The van der Waals surface area contributed by atoms with Crippen molar-refractivity contribution in [3.05, 3.63) is 35.9 Å². The van der Waals surface area contributed by atoms with Gasteiger partial charge in [-0.2, -0.15) is 0 Å². The molecule has 1 rings (SSSR count). The number of benzene rings is 1. The van der Waals surface area contributed by atoms with E-state index in [1.54, 1.807) is 7.05 Å². The molecule has 0 saturated heterocycles. The number of likely N-dealkylation sites (N-methyl/N-ethyl adjacent to an activating group) is 1. The Kier molecular flexibility index (Phi) is 3.48. The van der Waals surface area contributed by atoms with E-state index < -0.39 is 11.5 Å².